The highest BCUT2D eigenvalue weighted by Crippen LogP contribution is 2.43. The summed E-state index contributed by atoms with van der Waals surface area (Å²) in [5.41, 5.74) is 1.61. The van der Waals surface area contributed by atoms with Gasteiger partial charge in [0, 0.05) is 37.2 Å². The van der Waals surface area contributed by atoms with E-state index in [4.69, 9.17) is 14.2 Å². The number of ether oxygens (including phenoxy) is 3. The molecule has 0 unspecified atom stereocenters. The lowest BCUT2D eigenvalue weighted by Crippen LogP contribution is -2.37. The van der Waals surface area contributed by atoms with Crippen molar-refractivity contribution < 1.29 is 22.6 Å². The van der Waals surface area contributed by atoms with Crippen LogP contribution in [0.5, 0.6) is 17.2 Å². The second kappa shape index (κ2) is 9.07. The molecule has 2 aromatic carbocycles. The van der Waals surface area contributed by atoms with Gasteiger partial charge in [0.15, 0.2) is 11.5 Å². The Hall–Kier alpha value is -2.91. The molecule has 168 valence electrons. The highest BCUT2D eigenvalue weighted by atomic mass is 32.2. The Labute approximate surface area is 183 Å². The Balaban J connectivity index is 2.18. The van der Waals surface area contributed by atoms with Gasteiger partial charge >= 0.3 is 0 Å². The van der Waals surface area contributed by atoms with Gasteiger partial charge in [0.25, 0.3) is 10.0 Å². The summed E-state index contributed by atoms with van der Waals surface area (Å²) >= 11 is 0. The molecule has 0 radical (unpaired) electrons. The minimum absolute atomic E-state index is 0.0135. The molecule has 8 nitrogen and oxygen atoms in total. The van der Waals surface area contributed by atoms with Gasteiger partial charge in [-0.2, -0.15) is 0 Å². The first-order valence-corrected chi connectivity index (χ1v) is 11.2. The van der Waals surface area contributed by atoms with Crippen molar-refractivity contribution in [3.05, 3.63) is 42.6 Å². The van der Waals surface area contributed by atoms with Crippen LogP contribution in [0.2, 0.25) is 0 Å². The van der Waals surface area contributed by atoms with E-state index in [9.17, 15) is 8.42 Å². The maximum absolute atomic E-state index is 13.9. The Kier molecular flexibility index (Phi) is 6.66. The number of hydrogen-bond acceptors (Lipinski definition) is 6. The van der Waals surface area contributed by atoms with E-state index in [1.165, 1.54) is 31.7 Å². The fourth-order valence-electron chi connectivity index (χ4n) is 3.50. The summed E-state index contributed by atoms with van der Waals surface area (Å²) in [6.07, 6.45) is 1.95. The molecule has 0 aliphatic rings. The molecule has 3 rings (SSSR count). The van der Waals surface area contributed by atoms with E-state index in [1.54, 1.807) is 6.07 Å². The largest absolute Gasteiger partial charge is 0.493 e. The Morgan fingerprint density at radius 2 is 1.61 bits per heavy atom. The zero-order valence-corrected chi connectivity index (χ0v) is 19.6. The van der Waals surface area contributed by atoms with Crippen LogP contribution in [0.15, 0.2) is 47.5 Å². The third kappa shape index (κ3) is 4.28. The number of aromatic nitrogens is 1. The van der Waals surface area contributed by atoms with Crippen molar-refractivity contribution in [2.45, 2.75) is 4.90 Å². The van der Waals surface area contributed by atoms with Crippen molar-refractivity contribution in [1.82, 2.24) is 9.47 Å². The molecular weight excluding hydrogens is 418 g/mol. The van der Waals surface area contributed by atoms with Gasteiger partial charge in [-0.3, -0.25) is 4.31 Å². The molecule has 1 aromatic heterocycles. The number of fused-ring (bicyclic) bond motifs is 1. The SMILES string of the molecule is COc1ccc(S(=O)(=O)N(CCN(C)C)c2ccc3c(ccn3C)c2)c(OC)c1OC. The number of rotatable bonds is 9. The molecule has 9 heteroatoms. The number of nitrogens with zero attached hydrogens (tertiary/aromatic N) is 3. The predicted molar refractivity (Wildman–Crippen MR) is 122 cm³/mol. The molecular formula is C22H29N3O5S. The van der Waals surface area contributed by atoms with Crippen LogP contribution in [0.4, 0.5) is 5.69 Å². The van der Waals surface area contributed by atoms with Crippen LogP contribution in [-0.2, 0) is 17.1 Å². The van der Waals surface area contributed by atoms with Crippen molar-refractivity contribution in [2.75, 3.05) is 52.8 Å². The summed E-state index contributed by atoms with van der Waals surface area (Å²) in [5.74, 6) is 0.735. The van der Waals surface area contributed by atoms with E-state index in [2.05, 4.69) is 0 Å². The first-order valence-electron chi connectivity index (χ1n) is 9.76. The molecule has 0 fully saturated rings. The van der Waals surface area contributed by atoms with Crippen LogP contribution < -0.4 is 18.5 Å². The Morgan fingerprint density at radius 1 is 0.903 bits per heavy atom. The number of methoxy groups -OCH3 is 3. The lowest BCUT2D eigenvalue weighted by atomic mass is 10.2. The molecule has 1 heterocycles. The third-order valence-electron chi connectivity index (χ3n) is 5.14. The maximum atomic E-state index is 13.9. The first-order chi connectivity index (χ1) is 14.7. The van der Waals surface area contributed by atoms with Gasteiger partial charge in [-0.25, -0.2) is 8.42 Å². The highest BCUT2D eigenvalue weighted by Gasteiger charge is 2.31. The number of anilines is 1. The van der Waals surface area contributed by atoms with E-state index < -0.39 is 10.0 Å². The number of aryl methyl sites for hydroxylation is 1. The average Bonchev–Trinajstić information content (AvgIpc) is 3.12. The van der Waals surface area contributed by atoms with Crippen LogP contribution in [0.3, 0.4) is 0 Å². The first kappa shape index (κ1) is 22.8. The smallest absolute Gasteiger partial charge is 0.268 e. The number of sulfonamides is 1. The second-order valence-corrected chi connectivity index (χ2v) is 9.21. The van der Waals surface area contributed by atoms with Crippen LogP contribution in [0, 0.1) is 0 Å². The predicted octanol–water partition coefficient (Wildman–Crippen LogP) is 2.96. The molecule has 31 heavy (non-hydrogen) atoms. The van der Waals surface area contributed by atoms with Gasteiger partial charge in [0.1, 0.15) is 4.90 Å². The Morgan fingerprint density at radius 3 is 2.23 bits per heavy atom. The molecule has 0 saturated heterocycles. The molecule has 0 bridgehead atoms. The maximum Gasteiger partial charge on any atom is 0.268 e. The second-order valence-electron chi connectivity index (χ2n) is 7.38. The molecule has 0 N–H and O–H groups in total. The van der Waals surface area contributed by atoms with Crippen LogP contribution in [0.1, 0.15) is 0 Å². The zero-order chi connectivity index (χ0) is 22.8. The van der Waals surface area contributed by atoms with E-state index in [1.807, 2.05) is 61.1 Å². The van der Waals surface area contributed by atoms with Gasteiger partial charge in [-0.05, 0) is 50.5 Å². The summed E-state index contributed by atoms with van der Waals surface area (Å²) in [6, 6.07) is 10.7. The van der Waals surface area contributed by atoms with E-state index in [0.29, 0.717) is 18.0 Å². The lowest BCUT2D eigenvalue weighted by molar-refractivity contribution is 0.318. The molecule has 3 aromatic rings. The minimum atomic E-state index is -3.97. The third-order valence-corrected chi connectivity index (χ3v) is 6.99. The van der Waals surface area contributed by atoms with Crippen LogP contribution >= 0.6 is 0 Å². The van der Waals surface area contributed by atoms with Crippen molar-refractivity contribution in [3.8, 4) is 17.2 Å². The number of likely N-dealkylation sites (N-methyl/N-ethyl adjacent to an activating group) is 1. The summed E-state index contributed by atoms with van der Waals surface area (Å²) in [6.45, 7) is 0.812. The van der Waals surface area contributed by atoms with Gasteiger partial charge in [-0.15, -0.1) is 0 Å². The molecule has 0 spiro atoms. The molecule has 0 aliphatic carbocycles. The monoisotopic (exact) mass is 447 g/mol. The van der Waals surface area contributed by atoms with Crippen molar-refractivity contribution in [1.29, 1.82) is 0 Å². The van der Waals surface area contributed by atoms with Gasteiger partial charge < -0.3 is 23.7 Å². The van der Waals surface area contributed by atoms with Crippen molar-refractivity contribution in [2.24, 2.45) is 7.05 Å². The highest BCUT2D eigenvalue weighted by molar-refractivity contribution is 7.93. The van der Waals surface area contributed by atoms with Gasteiger partial charge in [-0.1, -0.05) is 0 Å². The summed E-state index contributed by atoms with van der Waals surface area (Å²) in [5, 5.41) is 0.962. The molecule has 0 saturated carbocycles. The van der Waals surface area contributed by atoms with E-state index >= 15 is 0 Å². The quantitative estimate of drug-likeness (QED) is 0.502. The molecule has 0 aliphatic heterocycles. The van der Waals surface area contributed by atoms with Gasteiger partial charge in [0.05, 0.1) is 27.0 Å². The fourth-order valence-corrected chi connectivity index (χ4v) is 5.10. The van der Waals surface area contributed by atoms with Crippen LogP contribution in [0.25, 0.3) is 10.9 Å². The van der Waals surface area contributed by atoms with E-state index in [-0.39, 0.29) is 22.9 Å². The summed E-state index contributed by atoms with van der Waals surface area (Å²) < 4.78 is 47.3. The van der Waals surface area contributed by atoms with Crippen molar-refractivity contribution in [3.63, 3.8) is 0 Å². The normalized spacial score (nSPS) is 11.7. The number of hydrogen-bond donors (Lipinski definition) is 0. The summed E-state index contributed by atoms with van der Waals surface area (Å²) in [4.78, 5) is 1.95. The van der Waals surface area contributed by atoms with Gasteiger partial charge in [0.2, 0.25) is 5.75 Å². The molecule has 0 atom stereocenters. The zero-order valence-electron chi connectivity index (χ0n) is 18.7. The topological polar surface area (TPSA) is 73.2 Å². The average molecular weight is 448 g/mol. The standard InChI is InChI=1S/C22H29N3O5S/c1-23(2)13-14-25(17-7-8-18-16(15-17)11-12-24(18)3)31(26,27)20-10-9-19(28-4)21(29-5)22(20)30-6/h7-12,15H,13-14H2,1-6H3. The van der Waals surface area contributed by atoms with Crippen LogP contribution in [-0.4, -0.2) is 66.4 Å². The van der Waals surface area contributed by atoms with Crippen molar-refractivity contribution >= 4 is 26.6 Å². The lowest BCUT2D eigenvalue weighted by Gasteiger charge is -2.27. The summed E-state index contributed by atoms with van der Waals surface area (Å²) in [7, 11) is 6.14. The Bertz CT molecular complexity index is 1170. The minimum Gasteiger partial charge on any atom is -0.493 e. The fraction of sp³-hybridized carbons (Fsp3) is 0.364. The van der Waals surface area contributed by atoms with E-state index in [0.717, 1.165) is 10.9 Å². The number of benzene rings is 2. The molecule has 0 amide bonds.